The summed E-state index contributed by atoms with van der Waals surface area (Å²) in [4.78, 5) is 13.3. The molecule has 2 aromatic rings. The van der Waals surface area contributed by atoms with E-state index in [2.05, 4.69) is 55.4 Å². The third-order valence-electron chi connectivity index (χ3n) is 4.38. The largest absolute Gasteiger partial charge is 0.478 e. The molecule has 0 aliphatic carbocycles. The lowest BCUT2D eigenvalue weighted by Gasteiger charge is -2.28. The Bertz CT molecular complexity index is 653. The van der Waals surface area contributed by atoms with E-state index in [0.717, 1.165) is 25.2 Å². The van der Waals surface area contributed by atoms with Crippen LogP contribution in [0.2, 0.25) is 0 Å². The molecule has 2 rings (SSSR count). The van der Waals surface area contributed by atoms with Gasteiger partial charge in [0.2, 0.25) is 0 Å². The molecule has 4 heteroatoms. The fourth-order valence-corrected chi connectivity index (χ4v) is 2.82. The Morgan fingerprint density at radius 1 is 1.04 bits per heavy atom. The van der Waals surface area contributed by atoms with Crippen molar-refractivity contribution in [3.8, 4) is 0 Å². The van der Waals surface area contributed by atoms with Gasteiger partial charge in [0.15, 0.2) is 0 Å². The highest BCUT2D eigenvalue weighted by molar-refractivity contribution is 5.87. The SMILES string of the molecule is CC(C)C(CN(C)Cc1ccccc1)NCc1ccc(C(=O)O)cc1. The van der Waals surface area contributed by atoms with Crippen molar-refractivity contribution in [1.29, 1.82) is 0 Å². The molecule has 4 nitrogen and oxygen atoms in total. The van der Waals surface area contributed by atoms with Crippen LogP contribution in [-0.4, -0.2) is 35.6 Å². The summed E-state index contributed by atoms with van der Waals surface area (Å²) < 4.78 is 0. The van der Waals surface area contributed by atoms with Gasteiger partial charge in [0.25, 0.3) is 0 Å². The molecule has 0 saturated carbocycles. The molecular formula is C21H28N2O2. The van der Waals surface area contributed by atoms with E-state index in [0.29, 0.717) is 17.5 Å². The minimum absolute atomic E-state index is 0.326. The fourth-order valence-electron chi connectivity index (χ4n) is 2.82. The molecule has 0 saturated heterocycles. The predicted molar refractivity (Wildman–Crippen MR) is 102 cm³/mol. The highest BCUT2D eigenvalue weighted by atomic mass is 16.4. The molecule has 0 aliphatic heterocycles. The number of aromatic carboxylic acids is 1. The first-order valence-corrected chi connectivity index (χ1v) is 8.74. The average molecular weight is 340 g/mol. The number of nitrogens with zero attached hydrogens (tertiary/aromatic N) is 1. The first-order valence-electron chi connectivity index (χ1n) is 8.74. The van der Waals surface area contributed by atoms with E-state index in [1.165, 1.54) is 5.56 Å². The zero-order valence-electron chi connectivity index (χ0n) is 15.3. The highest BCUT2D eigenvalue weighted by Crippen LogP contribution is 2.10. The van der Waals surface area contributed by atoms with E-state index in [-0.39, 0.29) is 0 Å². The number of carbonyl (C=O) groups is 1. The quantitative estimate of drug-likeness (QED) is 0.732. The summed E-state index contributed by atoms with van der Waals surface area (Å²) in [5, 5.41) is 12.6. The van der Waals surface area contributed by atoms with Crippen LogP contribution in [0, 0.1) is 5.92 Å². The van der Waals surface area contributed by atoms with E-state index in [4.69, 9.17) is 5.11 Å². The molecule has 0 heterocycles. The number of hydrogen-bond acceptors (Lipinski definition) is 3. The van der Waals surface area contributed by atoms with Crippen molar-refractivity contribution in [3.05, 3.63) is 71.3 Å². The van der Waals surface area contributed by atoms with Crippen LogP contribution in [0.15, 0.2) is 54.6 Å². The molecule has 134 valence electrons. The van der Waals surface area contributed by atoms with Gasteiger partial charge in [-0.2, -0.15) is 0 Å². The first kappa shape index (κ1) is 19.2. The van der Waals surface area contributed by atoms with Crippen molar-refractivity contribution in [3.63, 3.8) is 0 Å². The van der Waals surface area contributed by atoms with Gasteiger partial charge in [-0.25, -0.2) is 4.79 Å². The third kappa shape index (κ3) is 6.33. The van der Waals surface area contributed by atoms with E-state index < -0.39 is 5.97 Å². The number of rotatable bonds is 9. The summed E-state index contributed by atoms with van der Waals surface area (Å²) in [6, 6.07) is 17.9. The maximum atomic E-state index is 10.9. The van der Waals surface area contributed by atoms with Crippen molar-refractivity contribution < 1.29 is 9.90 Å². The van der Waals surface area contributed by atoms with Gasteiger partial charge in [0.1, 0.15) is 0 Å². The Kier molecular flexibility index (Phi) is 7.16. The average Bonchev–Trinajstić information content (AvgIpc) is 2.59. The number of benzene rings is 2. The smallest absolute Gasteiger partial charge is 0.335 e. The molecule has 2 aromatic carbocycles. The van der Waals surface area contributed by atoms with Crippen molar-refractivity contribution >= 4 is 5.97 Å². The summed E-state index contributed by atoms with van der Waals surface area (Å²) >= 11 is 0. The predicted octanol–water partition coefficient (Wildman–Crippen LogP) is 3.63. The Morgan fingerprint density at radius 3 is 2.24 bits per heavy atom. The summed E-state index contributed by atoms with van der Waals surface area (Å²) in [7, 11) is 2.14. The monoisotopic (exact) mass is 340 g/mol. The van der Waals surface area contributed by atoms with Gasteiger partial charge in [-0.15, -0.1) is 0 Å². The molecule has 0 amide bonds. The second kappa shape index (κ2) is 9.35. The van der Waals surface area contributed by atoms with E-state index in [9.17, 15) is 4.79 Å². The molecule has 0 fully saturated rings. The Labute approximate surface area is 150 Å². The number of likely N-dealkylation sites (N-methyl/N-ethyl adjacent to an activating group) is 1. The second-order valence-corrected chi connectivity index (χ2v) is 6.92. The van der Waals surface area contributed by atoms with Gasteiger partial charge >= 0.3 is 5.97 Å². The van der Waals surface area contributed by atoms with Gasteiger partial charge in [0.05, 0.1) is 5.56 Å². The fraction of sp³-hybridized carbons (Fsp3) is 0.381. The molecule has 1 atom stereocenters. The van der Waals surface area contributed by atoms with Crippen molar-refractivity contribution in [2.75, 3.05) is 13.6 Å². The van der Waals surface area contributed by atoms with Crippen LogP contribution in [0.25, 0.3) is 0 Å². The van der Waals surface area contributed by atoms with Crippen molar-refractivity contribution in [2.24, 2.45) is 5.92 Å². The number of nitrogens with one attached hydrogen (secondary N) is 1. The Hall–Kier alpha value is -2.17. The van der Waals surface area contributed by atoms with Crippen molar-refractivity contribution in [2.45, 2.75) is 33.0 Å². The van der Waals surface area contributed by atoms with Gasteiger partial charge < -0.3 is 15.3 Å². The van der Waals surface area contributed by atoms with Crippen LogP contribution in [0.4, 0.5) is 0 Å². The molecule has 1 unspecified atom stereocenters. The standard InChI is InChI=1S/C21H28N2O2/c1-16(2)20(15-23(3)14-18-7-5-4-6-8-18)22-13-17-9-11-19(12-10-17)21(24)25/h4-12,16,20,22H,13-15H2,1-3H3,(H,24,25). The topological polar surface area (TPSA) is 52.6 Å². The maximum absolute atomic E-state index is 10.9. The van der Waals surface area contributed by atoms with E-state index >= 15 is 0 Å². The molecule has 0 aliphatic rings. The van der Waals surface area contributed by atoms with Crippen LogP contribution in [0.3, 0.4) is 0 Å². The molecule has 0 spiro atoms. The second-order valence-electron chi connectivity index (χ2n) is 6.92. The van der Waals surface area contributed by atoms with Crippen LogP contribution in [0.5, 0.6) is 0 Å². The van der Waals surface area contributed by atoms with Gasteiger partial charge in [-0.1, -0.05) is 56.3 Å². The number of carboxylic acid groups (broad SMARTS) is 1. The van der Waals surface area contributed by atoms with E-state index in [1.54, 1.807) is 12.1 Å². The summed E-state index contributed by atoms with van der Waals surface area (Å²) in [6.07, 6.45) is 0. The number of hydrogen-bond donors (Lipinski definition) is 2. The van der Waals surface area contributed by atoms with Gasteiger partial charge in [0, 0.05) is 25.7 Å². The number of carboxylic acids is 1. The van der Waals surface area contributed by atoms with Crippen LogP contribution in [-0.2, 0) is 13.1 Å². The van der Waals surface area contributed by atoms with Crippen LogP contribution >= 0.6 is 0 Å². The van der Waals surface area contributed by atoms with E-state index in [1.807, 2.05) is 18.2 Å². The normalized spacial score (nSPS) is 12.5. The lowest BCUT2D eigenvalue weighted by atomic mass is 10.0. The summed E-state index contributed by atoms with van der Waals surface area (Å²) in [5.74, 6) is -0.376. The zero-order chi connectivity index (χ0) is 18.2. The summed E-state index contributed by atoms with van der Waals surface area (Å²) in [6.45, 7) is 7.07. The molecule has 0 bridgehead atoms. The highest BCUT2D eigenvalue weighted by Gasteiger charge is 2.15. The summed E-state index contributed by atoms with van der Waals surface area (Å²) in [5.41, 5.74) is 2.74. The molecular weight excluding hydrogens is 312 g/mol. The lowest BCUT2D eigenvalue weighted by Crippen LogP contribution is -2.42. The van der Waals surface area contributed by atoms with Gasteiger partial charge in [-0.05, 0) is 36.2 Å². The van der Waals surface area contributed by atoms with Crippen LogP contribution < -0.4 is 5.32 Å². The zero-order valence-corrected chi connectivity index (χ0v) is 15.3. The Balaban J connectivity index is 1.88. The lowest BCUT2D eigenvalue weighted by molar-refractivity contribution is 0.0697. The van der Waals surface area contributed by atoms with Crippen molar-refractivity contribution in [1.82, 2.24) is 10.2 Å². The molecule has 2 N–H and O–H groups in total. The minimum atomic E-state index is -0.887. The van der Waals surface area contributed by atoms with Gasteiger partial charge in [-0.3, -0.25) is 0 Å². The minimum Gasteiger partial charge on any atom is -0.478 e. The Morgan fingerprint density at radius 2 is 1.68 bits per heavy atom. The van der Waals surface area contributed by atoms with Crippen LogP contribution in [0.1, 0.15) is 35.3 Å². The molecule has 0 radical (unpaired) electrons. The first-order chi connectivity index (χ1) is 12.0. The maximum Gasteiger partial charge on any atom is 0.335 e. The molecule has 0 aromatic heterocycles. The molecule has 25 heavy (non-hydrogen) atoms. The third-order valence-corrected chi connectivity index (χ3v) is 4.38.